The van der Waals surface area contributed by atoms with Crippen molar-refractivity contribution in [1.82, 2.24) is 0 Å². The van der Waals surface area contributed by atoms with E-state index in [2.05, 4.69) is 0 Å². The lowest BCUT2D eigenvalue weighted by Gasteiger charge is -2.16. The van der Waals surface area contributed by atoms with Crippen molar-refractivity contribution in [2.24, 2.45) is 0 Å². The predicted octanol–water partition coefficient (Wildman–Crippen LogP) is 2.19. The molecule has 0 aromatic heterocycles. The Labute approximate surface area is 99.9 Å². The van der Waals surface area contributed by atoms with Crippen molar-refractivity contribution >= 4 is 5.97 Å². The third-order valence-electron chi connectivity index (χ3n) is 2.10. The summed E-state index contributed by atoms with van der Waals surface area (Å²) in [6.07, 6.45) is 0. The van der Waals surface area contributed by atoms with Crippen molar-refractivity contribution < 1.29 is 24.1 Å². The fourth-order valence-electron chi connectivity index (χ4n) is 1.44. The summed E-state index contributed by atoms with van der Waals surface area (Å²) in [6.45, 7) is 4.34. The lowest BCUT2D eigenvalue weighted by Crippen LogP contribution is -2.07. The van der Waals surface area contributed by atoms with Crippen molar-refractivity contribution in [1.29, 1.82) is 0 Å². The molecule has 0 aliphatic rings. The fourth-order valence-corrected chi connectivity index (χ4v) is 1.44. The van der Waals surface area contributed by atoms with Gasteiger partial charge in [0.05, 0.1) is 20.3 Å². The van der Waals surface area contributed by atoms with Crippen LogP contribution >= 0.6 is 0 Å². The van der Waals surface area contributed by atoms with E-state index in [0.29, 0.717) is 24.7 Å². The van der Waals surface area contributed by atoms with E-state index < -0.39 is 5.97 Å². The predicted molar refractivity (Wildman–Crippen MR) is 62.3 cm³/mol. The molecule has 1 aromatic carbocycles. The quantitative estimate of drug-likeness (QED) is 0.825. The molecular weight excluding hydrogens is 224 g/mol. The van der Waals surface area contributed by atoms with Gasteiger partial charge in [-0.15, -0.1) is 0 Å². The van der Waals surface area contributed by atoms with Gasteiger partial charge in [-0.1, -0.05) is 0 Å². The Morgan fingerprint density at radius 1 is 1.18 bits per heavy atom. The highest BCUT2D eigenvalue weighted by Crippen LogP contribution is 2.40. The largest absolute Gasteiger partial charge is 0.493 e. The number of carbonyl (C=O) groups is 1. The lowest BCUT2D eigenvalue weighted by atomic mass is 10.1. The van der Waals surface area contributed by atoms with Gasteiger partial charge in [-0.2, -0.15) is 0 Å². The first-order valence-electron chi connectivity index (χ1n) is 5.35. The summed E-state index contributed by atoms with van der Waals surface area (Å²) in [5.74, 6) is -0.0599. The van der Waals surface area contributed by atoms with E-state index in [9.17, 15) is 4.79 Å². The minimum Gasteiger partial charge on any atom is -0.493 e. The fraction of sp³-hybridized carbons (Fsp3) is 0.417. The van der Waals surface area contributed by atoms with Crippen molar-refractivity contribution in [3.8, 4) is 17.2 Å². The molecule has 5 nitrogen and oxygen atoms in total. The van der Waals surface area contributed by atoms with Gasteiger partial charge in [0.25, 0.3) is 0 Å². The first-order valence-corrected chi connectivity index (χ1v) is 5.35. The molecule has 94 valence electrons. The maximum Gasteiger partial charge on any atom is 0.339 e. The van der Waals surface area contributed by atoms with Gasteiger partial charge in [0.2, 0.25) is 5.75 Å². The maximum atomic E-state index is 11.1. The molecule has 17 heavy (non-hydrogen) atoms. The Hall–Kier alpha value is -1.91. The molecule has 0 heterocycles. The summed E-state index contributed by atoms with van der Waals surface area (Å²) in [7, 11) is 1.49. The van der Waals surface area contributed by atoms with E-state index in [-0.39, 0.29) is 11.3 Å². The number of ether oxygens (including phenoxy) is 3. The molecule has 5 heteroatoms. The standard InChI is InChI=1S/C12H16O5/c1-4-16-10-8(12(13)14)6-7-9(15-3)11(10)17-5-2/h6-7H,4-5H2,1-3H3,(H,13,14). The number of benzene rings is 1. The first kappa shape index (κ1) is 13.2. The minimum absolute atomic E-state index is 0.0658. The van der Waals surface area contributed by atoms with E-state index in [1.54, 1.807) is 13.0 Å². The molecule has 0 spiro atoms. The van der Waals surface area contributed by atoms with E-state index >= 15 is 0 Å². The number of carboxylic acid groups (broad SMARTS) is 1. The van der Waals surface area contributed by atoms with Gasteiger partial charge in [-0.25, -0.2) is 4.79 Å². The van der Waals surface area contributed by atoms with E-state index in [1.807, 2.05) is 6.92 Å². The summed E-state index contributed by atoms with van der Waals surface area (Å²) < 4.78 is 15.8. The Morgan fingerprint density at radius 3 is 2.24 bits per heavy atom. The van der Waals surface area contributed by atoms with Crippen molar-refractivity contribution in [3.05, 3.63) is 17.7 Å². The summed E-state index contributed by atoms with van der Waals surface area (Å²) in [5.41, 5.74) is 0.0658. The lowest BCUT2D eigenvalue weighted by molar-refractivity contribution is 0.0691. The van der Waals surface area contributed by atoms with Gasteiger partial charge in [0.1, 0.15) is 5.56 Å². The highest BCUT2D eigenvalue weighted by molar-refractivity contribution is 5.92. The second-order valence-electron chi connectivity index (χ2n) is 3.14. The molecule has 1 aromatic rings. The zero-order valence-electron chi connectivity index (χ0n) is 10.1. The molecular formula is C12H16O5. The van der Waals surface area contributed by atoms with Crippen LogP contribution in [0.4, 0.5) is 0 Å². The number of rotatable bonds is 6. The molecule has 1 rings (SSSR count). The molecule has 0 atom stereocenters. The molecule has 0 bridgehead atoms. The Morgan fingerprint density at radius 2 is 1.76 bits per heavy atom. The second kappa shape index (κ2) is 5.98. The van der Waals surface area contributed by atoms with Crippen LogP contribution in [0.25, 0.3) is 0 Å². The zero-order valence-corrected chi connectivity index (χ0v) is 10.1. The van der Waals surface area contributed by atoms with Crippen LogP contribution in [0.3, 0.4) is 0 Å². The van der Waals surface area contributed by atoms with Crippen LogP contribution in [0.1, 0.15) is 24.2 Å². The van der Waals surface area contributed by atoms with Crippen LogP contribution in [0.15, 0.2) is 12.1 Å². The van der Waals surface area contributed by atoms with Crippen LogP contribution in [-0.2, 0) is 0 Å². The smallest absolute Gasteiger partial charge is 0.339 e. The van der Waals surface area contributed by atoms with Gasteiger partial charge in [-0.05, 0) is 26.0 Å². The number of hydrogen-bond acceptors (Lipinski definition) is 4. The van der Waals surface area contributed by atoms with Gasteiger partial charge in [0, 0.05) is 0 Å². The third kappa shape index (κ3) is 2.81. The average molecular weight is 240 g/mol. The molecule has 0 unspecified atom stereocenters. The van der Waals surface area contributed by atoms with E-state index in [0.717, 1.165) is 0 Å². The van der Waals surface area contributed by atoms with Crippen LogP contribution in [0.2, 0.25) is 0 Å². The van der Waals surface area contributed by atoms with Crippen LogP contribution < -0.4 is 14.2 Å². The molecule has 1 N–H and O–H groups in total. The summed E-state index contributed by atoms with van der Waals surface area (Å²) in [6, 6.07) is 2.99. The number of hydrogen-bond donors (Lipinski definition) is 1. The summed E-state index contributed by atoms with van der Waals surface area (Å²) in [5, 5.41) is 9.07. The van der Waals surface area contributed by atoms with E-state index in [1.165, 1.54) is 13.2 Å². The van der Waals surface area contributed by atoms with Crippen molar-refractivity contribution in [2.75, 3.05) is 20.3 Å². The minimum atomic E-state index is -1.06. The molecule has 0 aliphatic carbocycles. The highest BCUT2D eigenvalue weighted by atomic mass is 16.5. The second-order valence-corrected chi connectivity index (χ2v) is 3.14. The topological polar surface area (TPSA) is 65.0 Å². The molecule has 0 saturated heterocycles. The SMILES string of the molecule is CCOc1c(OC)ccc(C(=O)O)c1OCC. The summed E-state index contributed by atoms with van der Waals surface area (Å²) >= 11 is 0. The van der Waals surface area contributed by atoms with Gasteiger partial charge in [0.15, 0.2) is 11.5 Å². The average Bonchev–Trinajstić information content (AvgIpc) is 2.31. The Kier molecular flexibility index (Phi) is 4.63. The normalized spacial score (nSPS) is 9.82. The van der Waals surface area contributed by atoms with Crippen LogP contribution in [0, 0.1) is 0 Å². The van der Waals surface area contributed by atoms with Gasteiger partial charge < -0.3 is 19.3 Å². The molecule has 0 radical (unpaired) electrons. The van der Waals surface area contributed by atoms with Gasteiger partial charge >= 0.3 is 5.97 Å². The number of methoxy groups -OCH3 is 1. The monoisotopic (exact) mass is 240 g/mol. The first-order chi connectivity index (χ1) is 8.15. The number of aromatic carboxylic acids is 1. The highest BCUT2D eigenvalue weighted by Gasteiger charge is 2.20. The molecule has 0 fully saturated rings. The molecule has 0 aliphatic heterocycles. The molecule has 0 amide bonds. The van der Waals surface area contributed by atoms with Crippen LogP contribution in [0.5, 0.6) is 17.2 Å². The maximum absolute atomic E-state index is 11.1. The van der Waals surface area contributed by atoms with Gasteiger partial charge in [-0.3, -0.25) is 0 Å². The molecule has 0 saturated carbocycles. The van der Waals surface area contributed by atoms with Crippen molar-refractivity contribution in [3.63, 3.8) is 0 Å². The van der Waals surface area contributed by atoms with Crippen LogP contribution in [-0.4, -0.2) is 31.4 Å². The number of carboxylic acids is 1. The Bertz CT molecular complexity index is 400. The van der Waals surface area contributed by atoms with E-state index in [4.69, 9.17) is 19.3 Å². The Balaban J connectivity index is 3.35. The third-order valence-corrected chi connectivity index (χ3v) is 2.10. The zero-order chi connectivity index (χ0) is 12.8. The van der Waals surface area contributed by atoms with Crippen molar-refractivity contribution in [2.45, 2.75) is 13.8 Å². The summed E-state index contributed by atoms with van der Waals surface area (Å²) in [4.78, 5) is 11.1.